The number of fused-ring (bicyclic) bond motifs is 1. The van der Waals surface area contributed by atoms with Crippen molar-refractivity contribution in [2.24, 2.45) is 0 Å². The summed E-state index contributed by atoms with van der Waals surface area (Å²) in [5.41, 5.74) is 1.32. The van der Waals surface area contributed by atoms with Crippen LogP contribution in [-0.2, 0) is 0 Å². The smallest absolute Gasteiger partial charge is 0.270 e. The average molecular weight is 340 g/mol. The molecule has 1 atom stereocenters. The third kappa shape index (κ3) is 3.05. The average Bonchev–Trinajstić information content (AvgIpc) is 3.07. The van der Waals surface area contributed by atoms with Gasteiger partial charge in [0.2, 0.25) is 0 Å². The summed E-state index contributed by atoms with van der Waals surface area (Å²) in [6.45, 7) is 1.71. The van der Waals surface area contributed by atoms with E-state index in [-0.39, 0.29) is 11.9 Å². The van der Waals surface area contributed by atoms with Gasteiger partial charge in [-0.1, -0.05) is 11.3 Å². The highest BCUT2D eigenvalue weighted by molar-refractivity contribution is 7.22. The maximum absolute atomic E-state index is 12.3. The molecule has 1 aliphatic rings. The van der Waals surface area contributed by atoms with Crippen LogP contribution < -0.4 is 10.2 Å². The Morgan fingerprint density at radius 1 is 1.29 bits per heavy atom. The zero-order chi connectivity index (χ0) is 16.4. The quantitative estimate of drug-likeness (QED) is 0.784. The molecule has 7 nitrogen and oxygen atoms in total. The summed E-state index contributed by atoms with van der Waals surface area (Å²) in [5, 5.41) is 4.05. The van der Waals surface area contributed by atoms with Crippen LogP contribution >= 0.6 is 11.3 Å². The van der Waals surface area contributed by atoms with Crippen molar-refractivity contribution >= 4 is 32.6 Å². The van der Waals surface area contributed by atoms with Crippen molar-refractivity contribution in [1.82, 2.24) is 25.3 Å². The van der Waals surface area contributed by atoms with Gasteiger partial charge < -0.3 is 10.2 Å². The molecular weight excluding hydrogens is 324 g/mol. The highest BCUT2D eigenvalue weighted by Gasteiger charge is 2.24. The summed E-state index contributed by atoms with van der Waals surface area (Å²) >= 11 is 1.66. The normalized spacial score (nSPS) is 17.8. The fourth-order valence-corrected chi connectivity index (χ4v) is 3.82. The Morgan fingerprint density at radius 2 is 2.21 bits per heavy atom. The van der Waals surface area contributed by atoms with Gasteiger partial charge in [0.1, 0.15) is 17.5 Å². The van der Waals surface area contributed by atoms with Crippen LogP contribution in [0.15, 0.2) is 37.1 Å². The topological polar surface area (TPSA) is 83.9 Å². The Bertz CT molecular complexity index is 819. The van der Waals surface area contributed by atoms with Crippen LogP contribution in [0.3, 0.4) is 0 Å². The third-order valence-corrected chi connectivity index (χ3v) is 5.12. The van der Waals surface area contributed by atoms with Crippen molar-refractivity contribution in [2.45, 2.75) is 18.9 Å². The van der Waals surface area contributed by atoms with Crippen LogP contribution in [0.2, 0.25) is 0 Å². The molecule has 1 fully saturated rings. The van der Waals surface area contributed by atoms with Crippen LogP contribution in [0.1, 0.15) is 23.3 Å². The van der Waals surface area contributed by atoms with Crippen molar-refractivity contribution in [2.75, 3.05) is 18.0 Å². The molecule has 3 aromatic rings. The first-order valence-corrected chi connectivity index (χ1v) is 8.63. The molecule has 0 spiro atoms. The van der Waals surface area contributed by atoms with E-state index in [0.717, 1.165) is 41.3 Å². The Labute approximate surface area is 142 Å². The maximum atomic E-state index is 12.3. The molecule has 1 amide bonds. The molecule has 8 heteroatoms. The molecular formula is C16H16N6OS. The SMILES string of the molecule is O=C(NC1CCCN(c2nc3cnccc3s2)C1)c1ccncn1. The number of piperidine rings is 1. The van der Waals surface area contributed by atoms with Crippen molar-refractivity contribution in [3.05, 3.63) is 42.7 Å². The monoisotopic (exact) mass is 340 g/mol. The molecule has 4 rings (SSSR count). The first kappa shape index (κ1) is 14.9. The summed E-state index contributed by atoms with van der Waals surface area (Å²) in [7, 11) is 0. The van der Waals surface area contributed by atoms with Gasteiger partial charge in [-0.25, -0.2) is 15.0 Å². The van der Waals surface area contributed by atoms with Gasteiger partial charge in [-0.3, -0.25) is 9.78 Å². The zero-order valence-electron chi connectivity index (χ0n) is 12.9. The first-order chi connectivity index (χ1) is 11.8. The zero-order valence-corrected chi connectivity index (χ0v) is 13.7. The number of rotatable bonds is 3. The lowest BCUT2D eigenvalue weighted by Gasteiger charge is -2.32. The second kappa shape index (κ2) is 6.48. The minimum atomic E-state index is -0.155. The van der Waals surface area contributed by atoms with E-state index in [1.165, 1.54) is 6.33 Å². The van der Waals surface area contributed by atoms with E-state index >= 15 is 0 Å². The van der Waals surface area contributed by atoms with E-state index in [0.29, 0.717) is 5.69 Å². The number of amides is 1. The van der Waals surface area contributed by atoms with E-state index < -0.39 is 0 Å². The van der Waals surface area contributed by atoms with E-state index in [1.54, 1.807) is 36.0 Å². The van der Waals surface area contributed by atoms with Crippen LogP contribution in [0.5, 0.6) is 0 Å². The third-order valence-electron chi connectivity index (χ3n) is 4.02. The number of aromatic nitrogens is 4. The number of carbonyl (C=O) groups excluding carboxylic acids is 1. The minimum absolute atomic E-state index is 0.0892. The Kier molecular flexibility index (Phi) is 4.04. The van der Waals surface area contributed by atoms with Crippen molar-refractivity contribution in [3.8, 4) is 0 Å². The Hall–Kier alpha value is -2.61. The number of anilines is 1. The molecule has 0 aromatic carbocycles. The van der Waals surface area contributed by atoms with Gasteiger partial charge in [0.25, 0.3) is 5.91 Å². The van der Waals surface area contributed by atoms with Gasteiger partial charge in [0.05, 0.1) is 10.9 Å². The standard InChI is InChI=1S/C16H16N6OS/c23-15(12-3-5-18-10-19-12)20-11-2-1-7-22(9-11)16-21-13-8-17-6-4-14(13)24-16/h3-6,8,10-11H,1-2,7,9H2,(H,20,23). The number of hydrogen-bond donors (Lipinski definition) is 1. The van der Waals surface area contributed by atoms with E-state index in [4.69, 9.17) is 0 Å². The molecule has 4 heterocycles. The van der Waals surface area contributed by atoms with Crippen LogP contribution in [0.4, 0.5) is 5.13 Å². The van der Waals surface area contributed by atoms with Gasteiger partial charge >= 0.3 is 0 Å². The summed E-state index contributed by atoms with van der Waals surface area (Å²) < 4.78 is 1.13. The molecule has 0 radical (unpaired) electrons. The molecule has 1 unspecified atom stereocenters. The molecule has 0 saturated carbocycles. The van der Waals surface area contributed by atoms with Gasteiger partial charge in [0.15, 0.2) is 5.13 Å². The fourth-order valence-electron chi connectivity index (χ4n) is 2.86. The number of nitrogens with one attached hydrogen (secondary N) is 1. The molecule has 1 saturated heterocycles. The summed E-state index contributed by atoms with van der Waals surface area (Å²) in [6, 6.07) is 3.69. The van der Waals surface area contributed by atoms with Crippen molar-refractivity contribution < 1.29 is 4.79 Å². The lowest BCUT2D eigenvalue weighted by Crippen LogP contribution is -2.48. The number of nitrogens with zero attached hydrogens (tertiary/aromatic N) is 5. The highest BCUT2D eigenvalue weighted by atomic mass is 32.1. The molecule has 0 bridgehead atoms. The van der Waals surface area contributed by atoms with Crippen LogP contribution in [0, 0.1) is 0 Å². The molecule has 3 aromatic heterocycles. The number of pyridine rings is 1. The van der Waals surface area contributed by atoms with Gasteiger partial charge in [-0.15, -0.1) is 0 Å². The Balaban J connectivity index is 1.46. The van der Waals surface area contributed by atoms with E-state index in [9.17, 15) is 4.79 Å². The van der Waals surface area contributed by atoms with E-state index in [2.05, 4.69) is 30.2 Å². The lowest BCUT2D eigenvalue weighted by molar-refractivity contribution is 0.0928. The first-order valence-electron chi connectivity index (χ1n) is 7.82. The summed E-state index contributed by atoms with van der Waals surface area (Å²) in [5.74, 6) is -0.155. The van der Waals surface area contributed by atoms with Crippen molar-refractivity contribution in [1.29, 1.82) is 0 Å². The predicted octanol–water partition coefficient (Wildman–Crippen LogP) is 1.88. The number of thiazole rings is 1. The highest BCUT2D eigenvalue weighted by Crippen LogP contribution is 2.29. The summed E-state index contributed by atoms with van der Waals surface area (Å²) in [6.07, 6.45) is 8.50. The van der Waals surface area contributed by atoms with Crippen LogP contribution in [0.25, 0.3) is 10.2 Å². The molecule has 1 N–H and O–H groups in total. The molecule has 122 valence electrons. The maximum Gasteiger partial charge on any atom is 0.270 e. The largest absolute Gasteiger partial charge is 0.346 e. The second-order valence-corrected chi connectivity index (χ2v) is 6.70. The summed E-state index contributed by atoms with van der Waals surface area (Å²) in [4.78, 5) is 31.1. The number of hydrogen-bond acceptors (Lipinski definition) is 7. The van der Waals surface area contributed by atoms with Gasteiger partial charge in [-0.2, -0.15) is 0 Å². The Morgan fingerprint density at radius 3 is 3.04 bits per heavy atom. The fraction of sp³-hybridized carbons (Fsp3) is 0.312. The number of carbonyl (C=O) groups is 1. The van der Waals surface area contributed by atoms with Gasteiger partial charge in [0, 0.05) is 31.5 Å². The molecule has 1 aliphatic heterocycles. The van der Waals surface area contributed by atoms with Crippen molar-refractivity contribution in [3.63, 3.8) is 0 Å². The van der Waals surface area contributed by atoms with Gasteiger partial charge in [-0.05, 0) is 25.0 Å². The predicted molar refractivity (Wildman–Crippen MR) is 92.1 cm³/mol. The second-order valence-electron chi connectivity index (χ2n) is 5.69. The molecule has 24 heavy (non-hydrogen) atoms. The van der Waals surface area contributed by atoms with Crippen LogP contribution in [-0.4, -0.2) is 45.0 Å². The van der Waals surface area contributed by atoms with E-state index in [1.807, 2.05) is 6.07 Å². The minimum Gasteiger partial charge on any atom is -0.346 e. The lowest BCUT2D eigenvalue weighted by atomic mass is 10.1. The molecule has 0 aliphatic carbocycles.